The smallest absolute Gasteiger partial charge is 0.424 e. The summed E-state index contributed by atoms with van der Waals surface area (Å²) in [4.78, 5) is 33.0. The Morgan fingerprint density at radius 2 is 1.95 bits per heavy atom. The number of amides is 2. The number of fused-ring (bicyclic) bond motifs is 2. The number of benzene rings is 1. The molecule has 1 aliphatic heterocycles. The maximum absolute atomic E-state index is 14.5. The maximum atomic E-state index is 14.5. The highest BCUT2D eigenvalue weighted by molar-refractivity contribution is 6.04. The molecule has 0 saturated heterocycles. The fourth-order valence-corrected chi connectivity index (χ4v) is 4.26. The first-order chi connectivity index (χ1) is 18.3. The van der Waals surface area contributed by atoms with Crippen molar-refractivity contribution in [2.24, 2.45) is 5.73 Å². The summed E-state index contributed by atoms with van der Waals surface area (Å²) in [5.74, 6) is -2.53. The number of hydrogen-bond donors (Lipinski definition) is 4. The van der Waals surface area contributed by atoms with E-state index in [-0.39, 0.29) is 40.3 Å². The van der Waals surface area contributed by atoms with Crippen LogP contribution in [-0.2, 0) is 15.8 Å². The first-order valence-corrected chi connectivity index (χ1v) is 11.5. The molecule has 39 heavy (non-hydrogen) atoms. The van der Waals surface area contributed by atoms with Crippen LogP contribution in [0.3, 0.4) is 0 Å². The quantitative estimate of drug-likeness (QED) is 0.272. The van der Waals surface area contributed by atoms with Gasteiger partial charge in [0.05, 0.1) is 23.1 Å². The SMILES string of the molecule is C[C@]1(C(N)=O)COc2c1cc([C@@](O)(CNC(=O)c1n[nH]c3ccncc13)C(F)(F)F)nc2-c1ccc(F)cc1. The van der Waals surface area contributed by atoms with Crippen molar-refractivity contribution >= 4 is 22.7 Å². The predicted octanol–water partition coefficient (Wildman–Crippen LogP) is 2.47. The molecule has 4 aromatic rings. The van der Waals surface area contributed by atoms with E-state index in [1.165, 1.54) is 37.5 Å². The molecule has 14 heteroatoms. The number of pyridine rings is 2. The van der Waals surface area contributed by atoms with Gasteiger partial charge in [-0.1, -0.05) is 0 Å². The molecule has 10 nitrogen and oxygen atoms in total. The molecule has 1 aliphatic rings. The number of halogens is 4. The number of alkyl halides is 3. The second-order valence-electron chi connectivity index (χ2n) is 9.26. The molecule has 2 amide bonds. The summed E-state index contributed by atoms with van der Waals surface area (Å²) in [6.07, 6.45) is -2.60. The van der Waals surface area contributed by atoms with Crippen LogP contribution in [0.5, 0.6) is 5.75 Å². The third-order valence-electron chi connectivity index (χ3n) is 6.71. The van der Waals surface area contributed by atoms with E-state index in [0.29, 0.717) is 5.52 Å². The number of nitrogens with two attached hydrogens (primary N) is 1. The summed E-state index contributed by atoms with van der Waals surface area (Å²) in [6.45, 7) is -0.268. The molecular weight excluding hydrogens is 524 g/mol. The Hall–Kier alpha value is -4.59. The zero-order chi connectivity index (χ0) is 28.2. The number of nitrogens with zero attached hydrogens (tertiary/aromatic N) is 3. The minimum absolute atomic E-state index is 0.0317. The van der Waals surface area contributed by atoms with Crippen LogP contribution in [0, 0.1) is 5.82 Å². The monoisotopic (exact) mass is 544 g/mol. The lowest BCUT2D eigenvalue weighted by atomic mass is 9.81. The van der Waals surface area contributed by atoms with Crippen molar-refractivity contribution in [3.8, 4) is 17.0 Å². The van der Waals surface area contributed by atoms with Crippen molar-refractivity contribution in [3.63, 3.8) is 0 Å². The van der Waals surface area contributed by atoms with Crippen molar-refractivity contribution in [2.75, 3.05) is 13.2 Å². The van der Waals surface area contributed by atoms with E-state index in [1.54, 1.807) is 0 Å². The topological polar surface area (TPSA) is 156 Å². The summed E-state index contributed by atoms with van der Waals surface area (Å²) in [5.41, 5.74) is -0.522. The number of aromatic amines is 1. The van der Waals surface area contributed by atoms with Crippen LogP contribution in [0.15, 0.2) is 48.8 Å². The summed E-state index contributed by atoms with van der Waals surface area (Å²) >= 11 is 0. The van der Waals surface area contributed by atoms with Crippen molar-refractivity contribution in [1.29, 1.82) is 0 Å². The van der Waals surface area contributed by atoms with Crippen molar-refractivity contribution in [3.05, 3.63) is 71.6 Å². The van der Waals surface area contributed by atoms with Gasteiger partial charge >= 0.3 is 6.18 Å². The largest absolute Gasteiger partial charge is 0.489 e. The Morgan fingerprint density at radius 3 is 2.62 bits per heavy atom. The molecule has 0 saturated carbocycles. The predicted molar refractivity (Wildman–Crippen MR) is 128 cm³/mol. The van der Waals surface area contributed by atoms with E-state index in [9.17, 15) is 32.3 Å². The molecule has 0 radical (unpaired) electrons. The van der Waals surface area contributed by atoms with Crippen molar-refractivity contribution in [2.45, 2.75) is 24.1 Å². The molecule has 5 rings (SSSR count). The second kappa shape index (κ2) is 9.01. The van der Waals surface area contributed by atoms with Gasteiger partial charge in [0.2, 0.25) is 11.5 Å². The van der Waals surface area contributed by atoms with Crippen molar-refractivity contribution in [1.82, 2.24) is 25.5 Å². The van der Waals surface area contributed by atoms with Crippen LogP contribution in [0.2, 0.25) is 0 Å². The third kappa shape index (κ3) is 4.22. The normalized spacial score (nSPS) is 18.3. The minimum Gasteiger partial charge on any atom is -0.489 e. The molecule has 0 unspecified atom stereocenters. The van der Waals surface area contributed by atoms with Crippen molar-refractivity contribution < 1.29 is 37.0 Å². The Morgan fingerprint density at radius 1 is 1.23 bits per heavy atom. The highest BCUT2D eigenvalue weighted by atomic mass is 19.4. The van der Waals surface area contributed by atoms with Crippen LogP contribution in [0.4, 0.5) is 17.6 Å². The summed E-state index contributed by atoms with van der Waals surface area (Å²) in [7, 11) is 0. The molecular formula is C25H20F4N6O4. The highest BCUT2D eigenvalue weighted by Crippen LogP contribution is 2.47. The molecule has 0 spiro atoms. The average molecular weight is 544 g/mol. The first kappa shape index (κ1) is 26.0. The number of ether oxygens (including phenoxy) is 1. The van der Waals surface area contributed by atoms with E-state index >= 15 is 0 Å². The molecule has 1 aromatic carbocycles. The maximum Gasteiger partial charge on any atom is 0.424 e. The number of primary amides is 1. The van der Waals surface area contributed by atoms with Gasteiger partial charge in [-0.3, -0.25) is 19.7 Å². The Bertz CT molecular complexity index is 1610. The highest BCUT2D eigenvalue weighted by Gasteiger charge is 2.57. The fraction of sp³-hybridized carbons (Fsp3) is 0.240. The van der Waals surface area contributed by atoms with Gasteiger partial charge in [0, 0.05) is 23.5 Å². The third-order valence-corrected chi connectivity index (χ3v) is 6.71. The van der Waals surface area contributed by atoms with Gasteiger partial charge in [-0.05, 0) is 43.3 Å². The molecule has 2 atom stereocenters. The minimum atomic E-state index is -5.35. The summed E-state index contributed by atoms with van der Waals surface area (Å²) in [5, 5.41) is 19.8. The number of aromatic nitrogens is 4. The van der Waals surface area contributed by atoms with E-state index in [1.807, 2.05) is 0 Å². The number of H-pyrrole nitrogens is 1. The van der Waals surface area contributed by atoms with Crippen LogP contribution < -0.4 is 15.8 Å². The Labute approximate surface area is 217 Å². The Balaban J connectivity index is 1.61. The summed E-state index contributed by atoms with van der Waals surface area (Å²) < 4.78 is 62.6. The lowest BCUT2D eigenvalue weighted by Gasteiger charge is -2.31. The number of rotatable bonds is 6. The van der Waals surface area contributed by atoms with Gasteiger partial charge < -0.3 is 20.9 Å². The molecule has 3 aromatic heterocycles. The van der Waals surface area contributed by atoms with E-state index in [2.05, 4.69) is 25.5 Å². The zero-order valence-electron chi connectivity index (χ0n) is 20.1. The molecule has 0 bridgehead atoms. The fourth-order valence-electron chi connectivity index (χ4n) is 4.26. The summed E-state index contributed by atoms with van der Waals surface area (Å²) in [6, 6.07) is 7.06. The van der Waals surface area contributed by atoms with Gasteiger partial charge in [0.1, 0.15) is 29.3 Å². The molecule has 0 aliphatic carbocycles. The molecule has 4 heterocycles. The molecule has 5 N–H and O–H groups in total. The zero-order valence-corrected chi connectivity index (χ0v) is 20.1. The van der Waals surface area contributed by atoms with E-state index in [0.717, 1.165) is 18.2 Å². The second-order valence-corrected chi connectivity index (χ2v) is 9.26. The van der Waals surface area contributed by atoms with Crippen LogP contribution in [0.1, 0.15) is 28.7 Å². The molecule has 202 valence electrons. The van der Waals surface area contributed by atoms with Gasteiger partial charge in [-0.25, -0.2) is 9.37 Å². The standard InChI is InChI=1S/C25H20F4N6O4/c1-23(22(30)37)11-39-20-15(23)8-17(33-18(20)12-2-4-13(26)5-3-12)24(38,25(27,28)29)10-32-21(36)19-14-9-31-7-6-16(14)34-35-19/h2-9,38H,10-11H2,1H3,(H2,30,37)(H,32,36)(H,34,35)/t23-,24-/m0/s1. The lowest BCUT2D eigenvalue weighted by Crippen LogP contribution is -2.52. The number of aliphatic hydroxyl groups is 1. The number of hydrogen-bond acceptors (Lipinski definition) is 7. The number of carbonyl (C=O) groups excluding carboxylic acids is 2. The first-order valence-electron chi connectivity index (χ1n) is 11.5. The van der Waals surface area contributed by atoms with Crippen LogP contribution in [0.25, 0.3) is 22.2 Å². The van der Waals surface area contributed by atoms with Gasteiger partial charge in [-0.2, -0.15) is 18.3 Å². The van der Waals surface area contributed by atoms with Gasteiger partial charge in [0.25, 0.3) is 5.91 Å². The van der Waals surface area contributed by atoms with Crippen LogP contribution in [-0.4, -0.2) is 56.4 Å². The van der Waals surface area contributed by atoms with Crippen LogP contribution >= 0.6 is 0 Å². The average Bonchev–Trinajstić information content (AvgIpc) is 3.49. The molecule has 0 fully saturated rings. The number of nitrogens with one attached hydrogen (secondary N) is 2. The van der Waals surface area contributed by atoms with Gasteiger partial charge in [-0.15, -0.1) is 0 Å². The number of carbonyl (C=O) groups is 2. The lowest BCUT2D eigenvalue weighted by molar-refractivity contribution is -0.265. The Kier molecular flexibility index (Phi) is 6.01. The van der Waals surface area contributed by atoms with E-state index in [4.69, 9.17) is 10.5 Å². The van der Waals surface area contributed by atoms with E-state index < -0.39 is 47.1 Å². The van der Waals surface area contributed by atoms with Gasteiger partial charge in [0.15, 0.2) is 5.69 Å².